The summed E-state index contributed by atoms with van der Waals surface area (Å²) in [4.78, 5) is 4.88. The number of nitrogens with zero attached hydrogens (tertiary/aromatic N) is 1. The van der Waals surface area contributed by atoms with Crippen molar-refractivity contribution in [1.29, 1.82) is 0 Å². The van der Waals surface area contributed by atoms with E-state index in [0.29, 0.717) is 16.3 Å². The molecule has 0 saturated carbocycles. The van der Waals surface area contributed by atoms with Crippen LogP contribution in [0.3, 0.4) is 0 Å². The molecule has 0 amide bonds. The first-order chi connectivity index (χ1) is 8.58. The van der Waals surface area contributed by atoms with Gasteiger partial charge in [-0.3, -0.25) is 9.71 Å². The molecule has 1 N–H and O–H groups in total. The van der Waals surface area contributed by atoms with Crippen LogP contribution < -0.4 is 4.72 Å². The van der Waals surface area contributed by atoms with Crippen molar-refractivity contribution >= 4 is 15.9 Å². The fourth-order valence-corrected chi connectivity index (χ4v) is 3.34. The molecule has 98 valence electrons. The van der Waals surface area contributed by atoms with Gasteiger partial charge in [0.2, 0.25) is 0 Å². The molecule has 0 aromatic heterocycles. The molecular weight excluding hydrogens is 248 g/mol. The lowest BCUT2D eigenvalue weighted by Gasteiger charge is -2.09. The number of hydrogen-bond acceptors (Lipinski definition) is 3. The number of fused-ring (bicyclic) bond motifs is 1. The number of hydrogen-bond donors (Lipinski definition) is 1. The maximum atomic E-state index is 11.9. The van der Waals surface area contributed by atoms with Crippen molar-refractivity contribution in [1.82, 2.24) is 4.72 Å². The van der Waals surface area contributed by atoms with Gasteiger partial charge < -0.3 is 0 Å². The highest BCUT2D eigenvalue weighted by molar-refractivity contribution is 7.90. The van der Waals surface area contributed by atoms with Gasteiger partial charge in [0.15, 0.2) is 0 Å². The summed E-state index contributed by atoms with van der Waals surface area (Å²) in [5.74, 6) is 0.492. The minimum Gasteiger partial charge on any atom is -0.264 e. The molecule has 1 aromatic rings. The zero-order chi connectivity index (χ0) is 13.2. The number of aliphatic imine (C=N–C) groups is 1. The van der Waals surface area contributed by atoms with Crippen LogP contribution in [0, 0.1) is 0 Å². The lowest BCUT2D eigenvalue weighted by molar-refractivity contribution is 0.586. The highest BCUT2D eigenvalue weighted by Crippen LogP contribution is 2.23. The molecule has 1 aromatic carbocycles. The highest BCUT2D eigenvalue weighted by Gasteiger charge is 2.30. The van der Waals surface area contributed by atoms with Crippen molar-refractivity contribution in [2.75, 3.05) is 0 Å². The van der Waals surface area contributed by atoms with Crippen LogP contribution in [0.1, 0.15) is 38.7 Å². The summed E-state index contributed by atoms with van der Waals surface area (Å²) >= 11 is 0. The quantitative estimate of drug-likeness (QED) is 0.909. The van der Waals surface area contributed by atoms with E-state index in [2.05, 4.69) is 23.6 Å². The van der Waals surface area contributed by atoms with Crippen LogP contribution in [-0.4, -0.2) is 20.3 Å². The minimum atomic E-state index is -3.40. The molecule has 2 rings (SSSR count). The van der Waals surface area contributed by atoms with E-state index in [0.717, 1.165) is 19.3 Å². The number of rotatable bonds is 4. The maximum absolute atomic E-state index is 11.9. The zero-order valence-corrected chi connectivity index (χ0v) is 11.5. The van der Waals surface area contributed by atoms with Crippen molar-refractivity contribution in [2.45, 2.75) is 44.0 Å². The monoisotopic (exact) mass is 266 g/mol. The molecule has 4 nitrogen and oxygen atoms in total. The van der Waals surface area contributed by atoms with Gasteiger partial charge in [0, 0.05) is 5.56 Å². The van der Waals surface area contributed by atoms with E-state index in [1.165, 1.54) is 0 Å². The Kier molecular flexibility index (Phi) is 3.71. The van der Waals surface area contributed by atoms with Crippen LogP contribution in [-0.2, 0) is 10.0 Å². The van der Waals surface area contributed by atoms with Gasteiger partial charge in [-0.05, 0) is 25.0 Å². The van der Waals surface area contributed by atoms with Gasteiger partial charge in [0.1, 0.15) is 5.84 Å². The molecule has 0 fully saturated rings. The van der Waals surface area contributed by atoms with E-state index in [9.17, 15) is 8.42 Å². The SMILES string of the molecule is CCCC(CC)N=C1NS(=O)(=O)c2ccccc21. The van der Waals surface area contributed by atoms with E-state index < -0.39 is 10.0 Å². The maximum Gasteiger partial charge on any atom is 0.263 e. The molecule has 1 unspecified atom stereocenters. The van der Waals surface area contributed by atoms with Crippen LogP contribution in [0.15, 0.2) is 34.2 Å². The normalized spacial score (nSPS) is 20.4. The zero-order valence-electron chi connectivity index (χ0n) is 10.7. The minimum absolute atomic E-state index is 0.179. The highest BCUT2D eigenvalue weighted by atomic mass is 32.2. The van der Waals surface area contributed by atoms with E-state index >= 15 is 0 Å². The third kappa shape index (κ3) is 2.41. The fourth-order valence-electron chi connectivity index (χ4n) is 2.11. The Morgan fingerprint density at radius 1 is 1.28 bits per heavy atom. The van der Waals surface area contributed by atoms with Crippen LogP contribution in [0.2, 0.25) is 0 Å². The summed E-state index contributed by atoms with van der Waals surface area (Å²) in [6, 6.07) is 7.15. The summed E-state index contributed by atoms with van der Waals surface area (Å²) in [6.45, 7) is 4.18. The van der Waals surface area contributed by atoms with Gasteiger partial charge >= 0.3 is 0 Å². The Hall–Kier alpha value is -1.36. The molecule has 0 spiro atoms. The van der Waals surface area contributed by atoms with E-state index in [-0.39, 0.29) is 6.04 Å². The summed E-state index contributed by atoms with van der Waals surface area (Å²) in [5, 5.41) is 0. The van der Waals surface area contributed by atoms with Gasteiger partial charge in [-0.2, -0.15) is 0 Å². The molecular formula is C13H18N2O2S. The van der Waals surface area contributed by atoms with Gasteiger partial charge in [-0.1, -0.05) is 32.4 Å². The molecule has 1 heterocycles. The Morgan fingerprint density at radius 2 is 2.00 bits per heavy atom. The topological polar surface area (TPSA) is 58.5 Å². The third-order valence-corrected chi connectivity index (χ3v) is 4.46. The van der Waals surface area contributed by atoms with Crippen LogP contribution >= 0.6 is 0 Å². The molecule has 18 heavy (non-hydrogen) atoms. The average molecular weight is 266 g/mol. The second-order valence-corrected chi connectivity index (χ2v) is 6.08. The summed E-state index contributed by atoms with van der Waals surface area (Å²) in [5.41, 5.74) is 0.687. The van der Waals surface area contributed by atoms with Crippen LogP contribution in [0.4, 0.5) is 0 Å². The molecule has 5 heteroatoms. The molecule has 1 atom stereocenters. The Labute approximate surface area is 108 Å². The van der Waals surface area contributed by atoms with Crippen LogP contribution in [0.5, 0.6) is 0 Å². The van der Waals surface area contributed by atoms with E-state index in [1.807, 2.05) is 6.07 Å². The standard InChI is InChI=1S/C13H18N2O2S/c1-3-7-10(4-2)14-13-11-8-5-6-9-12(11)18(16,17)15-13/h5-6,8-10H,3-4,7H2,1-2H3,(H,14,15). The fraction of sp³-hybridized carbons (Fsp3) is 0.462. The molecule has 1 aliphatic heterocycles. The van der Waals surface area contributed by atoms with Gasteiger partial charge in [0.25, 0.3) is 10.0 Å². The van der Waals surface area contributed by atoms with Crippen molar-refractivity contribution in [3.05, 3.63) is 29.8 Å². The smallest absolute Gasteiger partial charge is 0.263 e. The van der Waals surface area contributed by atoms with Crippen molar-refractivity contribution < 1.29 is 8.42 Å². The largest absolute Gasteiger partial charge is 0.264 e. The summed E-state index contributed by atoms with van der Waals surface area (Å²) in [6.07, 6.45) is 2.94. The van der Waals surface area contributed by atoms with Crippen LogP contribution in [0.25, 0.3) is 0 Å². The lowest BCUT2D eigenvalue weighted by atomic mass is 10.1. The van der Waals surface area contributed by atoms with E-state index in [1.54, 1.807) is 18.2 Å². The van der Waals surface area contributed by atoms with Crippen molar-refractivity contribution in [2.24, 2.45) is 4.99 Å². The van der Waals surface area contributed by atoms with Gasteiger partial charge in [-0.15, -0.1) is 0 Å². The summed E-state index contributed by atoms with van der Waals surface area (Å²) < 4.78 is 26.3. The second-order valence-electron chi connectivity index (χ2n) is 4.43. The van der Waals surface area contributed by atoms with Crippen molar-refractivity contribution in [3.63, 3.8) is 0 Å². The molecule has 0 bridgehead atoms. The first-order valence-corrected chi connectivity index (χ1v) is 7.76. The Morgan fingerprint density at radius 3 is 2.67 bits per heavy atom. The van der Waals surface area contributed by atoms with Gasteiger partial charge in [-0.25, -0.2) is 8.42 Å². The number of nitrogens with one attached hydrogen (secondary N) is 1. The summed E-state index contributed by atoms with van der Waals surface area (Å²) in [7, 11) is -3.40. The first kappa shape index (κ1) is 13.1. The Bertz CT molecular complexity index is 564. The molecule has 0 radical (unpaired) electrons. The van der Waals surface area contributed by atoms with E-state index in [4.69, 9.17) is 0 Å². The Balaban J connectivity index is 2.41. The molecule has 1 aliphatic rings. The van der Waals surface area contributed by atoms with Crippen molar-refractivity contribution in [3.8, 4) is 0 Å². The number of benzene rings is 1. The number of amidine groups is 1. The molecule has 0 aliphatic carbocycles. The number of sulfonamides is 1. The predicted octanol–water partition coefficient (Wildman–Crippen LogP) is 2.30. The first-order valence-electron chi connectivity index (χ1n) is 6.28. The molecule has 0 saturated heterocycles. The third-order valence-electron chi connectivity index (χ3n) is 3.07. The van der Waals surface area contributed by atoms with Gasteiger partial charge in [0.05, 0.1) is 10.9 Å². The second kappa shape index (κ2) is 5.10. The lowest BCUT2D eigenvalue weighted by Crippen LogP contribution is -2.24. The average Bonchev–Trinajstić information content (AvgIpc) is 2.61. The predicted molar refractivity (Wildman–Crippen MR) is 72.3 cm³/mol.